The van der Waals surface area contributed by atoms with E-state index in [1.54, 1.807) is 12.3 Å². The quantitative estimate of drug-likeness (QED) is 0.749. The molecule has 0 unspecified atom stereocenters. The van der Waals surface area contributed by atoms with Crippen LogP contribution in [0.5, 0.6) is 0 Å². The summed E-state index contributed by atoms with van der Waals surface area (Å²) in [5, 5.41) is 13.4. The molecule has 1 aromatic heterocycles. The molecule has 0 spiro atoms. The number of nitrogens with zero attached hydrogens (tertiary/aromatic N) is 2. The Bertz CT molecular complexity index is 860. The molecule has 21 heavy (non-hydrogen) atoms. The smallest absolute Gasteiger partial charge is 0.0991 e. The fourth-order valence-electron chi connectivity index (χ4n) is 2.30. The molecule has 0 atom stereocenters. The van der Waals surface area contributed by atoms with Gasteiger partial charge in [-0.3, -0.25) is 4.98 Å². The Hall–Kier alpha value is -2.86. The van der Waals surface area contributed by atoms with Gasteiger partial charge < -0.3 is 5.32 Å². The largest absolute Gasteiger partial charge is 0.355 e. The molecular weight excluding hydrogens is 258 g/mol. The van der Waals surface area contributed by atoms with Crippen LogP contribution in [0.1, 0.15) is 16.7 Å². The van der Waals surface area contributed by atoms with E-state index in [9.17, 15) is 0 Å². The van der Waals surface area contributed by atoms with Crippen LogP contribution < -0.4 is 5.32 Å². The average Bonchev–Trinajstić information content (AvgIpc) is 2.51. The van der Waals surface area contributed by atoms with Crippen LogP contribution >= 0.6 is 0 Å². The molecule has 102 valence electrons. The molecule has 0 bridgehead atoms. The first-order valence-corrected chi connectivity index (χ1v) is 6.80. The van der Waals surface area contributed by atoms with Gasteiger partial charge in [0.1, 0.15) is 0 Å². The third-order valence-electron chi connectivity index (χ3n) is 3.66. The van der Waals surface area contributed by atoms with Crippen LogP contribution in [0.3, 0.4) is 0 Å². The van der Waals surface area contributed by atoms with Gasteiger partial charge >= 0.3 is 0 Å². The minimum Gasteiger partial charge on any atom is -0.355 e. The fourth-order valence-corrected chi connectivity index (χ4v) is 2.30. The van der Waals surface area contributed by atoms with Crippen molar-refractivity contribution in [3.8, 4) is 6.07 Å². The van der Waals surface area contributed by atoms with Crippen molar-refractivity contribution in [2.45, 2.75) is 13.8 Å². The highest BCUT2D eigenvalue weighted by Crippen LogP contribution is 2.26. The van der Waals surface area contributed by atoms with Crippen molar-refractivity contribution in [1.29, 1.82) is 5.26 Å². The second-order valence-corrected chi connectivity index (χ2v) is 5.13. The standard InChI is InChI=1S/C18H15N3/c1-12-3-5-15(9-13(12)2)21-18-7-8-20-17-6-4-14(11-19)10-16(17)18/h3-10H,1-2H3,(H,20,21). The zero-order valence-electron chi connectivity index (χ0n) is 12.0. The summed E-state index contributed by atoms with van der Waals surface area (Å²) in [5.41, 5.74) is 6.03. The Morgan fingerprint density at radius 2 is 1.86 bits per heavy atom. The van der Waals surface area contributed by atoms with Crippen LogP contribution in [0.4, 0.5) is 11.4 Å². The van der Waals surface area contributed by atoms with Gasteiger partial charge in [-0.2, -0.15) is 5.26 Å². The lowest BCUT2D eigenvalue weighted by atomic mass is 10.1. The van der Waals surface area contributed by atoms with E-state index in [-0.39, 0.29) is 0 Å². The molecule has 0 aliphatic carbocycles. The Morgan fingerprint density at radius 3 is 2.62 bits per heavy atom. The number of benzene rings is 2. The topological polar surface area (TPSA) is 48.7 Å². The molecule has 0 amide bonds. The lowest BCUT2D eigenvalue weighted by Gasteiger charge is -2.11. The van der Waals surface area contributed by atoms with Gasteiger partial charge in [-0.25, -0.2) is 0 Å². The molecule has 2 aromatic carbocycles. The number of fused-ring (bicyclic) bond motifs is 1. The number of aryl methyl sites for hydroxylation is 2. The molecule has 3 nitrogen and oxygen atoms in total. The molecular formula is C18H15N3. The molecule has 1 N–H and O–H groups in total. The summed E-state index contributed by atoms with van der Waals surface area (Å²) in [6.45, 7) is 4.19. The third kappa shape index (κ3) is 2.56. The van der Waals surface area contributed by atoms with Gasteiger partial charge in [-0.05, 0) is 61.4 Å². The highest BCUT2D eigenvalue weighted by molar-refractivity contribution is 5.93. The van der Waals surface area contributed by atoms with E-state index in [2.05, 4.69) is 48.4 Å². The van der Waals surface area contributed by atoms with E-state index in [1.165, 1.54) is 11.1 Å². The van der Waals surface area contributed by atoms with Gasteiger partial charge in [-0.1, -0.05) is 6.07 Å². The van der Waals surface area contributed by atoms with Crippen molar-refractivity contribution >= 4 is 22.3 Å². The highest BCUT2D eigenvalue weighted by atomic mass is 14.9. The molecule has 0 saturated heterocycles. The van der Waals surface area contributed by atoms with Crippen LogP contribution in [0, 0.1) is 25.2 Å². The van der Waals surface area contributed by atoms with Crippen molar-refractivity contribution in [3.05, 3.63) is 65.4 Å². The van der Waals surface area contributed by atoms with Gasteiger partial charge in [-0.15, -0.1) is 0 Å². The molecule has 3 rings (SSSR count). The first-order chi connectivity index (χ1) is 10.2. The van der Waals surface area contributed by atoms with E-state index in [0.29, 0.717) is 5.56 Å². The Morgan fingerprint density at radius 1 is 1.00 bits per heavy atom. The maximum Gasteiger partial charge on any atom is 0.0991 e. The number of anilines is 2. The Labute approximate surface area is 123 Å². The third-order valence-corrected chi connectivity index (χ3v) is 3.66. The molecule has 0 aliphatic heterocycles. The zero-order valence-corrected chi connectivity index (χ0v) is 12.0. The summed E-state index contributed by atoms with van der Waals surface area (Å²) < 4.78 is 0. The maximum atomic E-state index is 9.05. The van der Waals surface area contributed by atoms with E-state index in [4.69, 9.17) is 5.26 Å². The van der Waals surface area contributed by atoms with Crippen molar-refractivity contribution in [2.75, 3.05) is 5.32 Å². The predicted octanol–water partition coefficient (Wildman–Crippen LogP) is 4.47. The summed E-state index contributed by atoms with van der Waals surface area (Å²) in [6, 6.07) is 15.9. The summed E-state index contributed by atoms with van der Waals surface area (Å²) in [5.74, 6) is 0. The predicted molar refractivity (Wildman–Crippen MR) is 85.7 cm³/mol. The Kier molecular flexibility index (Phi) is 3.29. The van der Waals surface area contributed by atoms with E-state index < -0.39 is 0 Å². The highest BCUT2D eigenvalue weighted by Gasteiger charge is 2.04. The molecule has 1 heterocycles. The monoisotopic (exact) mass is 273 g/mol. The van der Waals surface area contributed by atoms with E-state index in [1.807, 2.05) is 18.2 Å². The van der Waals surface area contributed by atoms with Crippen molar-refractivity contribution in [3.63, 3.8) is 0 Å². The maximum absolute atomic E-state index is 9.05. The molecule has 0 aliphatic rings. The number of pyridine rings is 1. The summed E-state index contributed by atoms with van der Waals surface area (Å²) in [7, 11) is 0. The van der Waals surface area contributed by atoms with Gasteiger partial charge in [0.25, 0.3) is 0 Å². The number of hydrogen-bond acceptors (Lipinski definition) is 3. The number of nitriles is 1. The minimum absolute atomic E-state index is 0.638. The molecule has 0 fully saturated rings. The van der Waals surface area contributed by atoms with Crippen molar-refractivity contribution < 1.29 is 0 Å². The summed E-state index contributed by atoms with van der Waals surface area (Å²) in [6.07, 6.45) is 1.78. The van der Waals surface area contributed by atoms with Crippen LogP contribution in [0.15, 0.2) is 48.7 Å². The number of nitrogens with one attached hydrogen (secondary N) is 1. The average molecular weight is 273 g/mol. The number of aromatic nitrogens is 1. The summed E-state index contributed by atoms with van der Waals surface area (Å²) in [4.78, 5) is 4.34. The lowest BCUT2D eigenvalue weighted by Crippen LogP contribution is -1.94. The minimum atomic E-state index is 0.638. The molecule has 0 saturated carbocycles. The van der Waals surface area contributed by atoms with Gasteiger partial charge in [0, 0.05) is 23.0 Å². The van der Waals surface area contributed by atoms with Crippen LogP contribution in [0.25, 0.3) is 10.9 Å². The SMILES string of the molecule is Cc1ccc(Nc2ccnc3ccc(C#N)cc23)cc1C. The first-order valence-electron chi connectivity index (χ1n) is 6.80. The van der Waals surface area contributed by atoms with Gasteiger partial charge in [0.2, 0.25) is 0 Å². The van der Waals surface area contributed by atoms with Crippen LogP contribution in [-0.2, 0) is 0 Å². The van der Waals surface area contributed by atoms with E-state index >= 15 is 0 Å². The molecule has 0 radical (unpaired) electrons. The van der Waals surface area contributed by atoms with E-state index in [0.717, 1.165) is 22.3 Å². The van der Waals surface area contributed by atoms with Gasteiger partial charge in [0.15, 0.2) is 0 Å². The lowest BCUT2D eigenvalue weighted by molar-refractivity contribution is 1.33. The zero-order chi connectivity index (χ0) is 14.8. The number of rotatable bonds is 2. The van der Waals surface area contributed by atoms with Crippen molar-refractivity contribution in [2.24, 2.45) is 0 Å². The summed E-state index contributed by atoms with van der Waals surface area (Å²) >= 11 is 0. The Balaban J connectivity index is 2.07. The number of hydrogen-bond donors (Lipinski definition) is 1. The second kappa shape index (κ2) is 5.26. The molecule has 3 aromatic rings. The molecule has 3 heteroatoms. The second-order valence-electron chi connectivity index (χ2n) is 5.13. The fraction of sp³-hybridized carbons (Fsp3) is 0.111. The first kappa shape index (κ1) is 13.1. The van der Waals surface area contributed by atoms with Crippen LogP contribution in [-0.4, -0.2) is 4.98 Å². The van der Waals surface area contributed by atoms with Gasteiger partial charge in [0.05, 0.1) is 17.1 Å². The van der Waals surface area contributed by atoms with Crippen molar-refractivity contribution in [1.82, 2.24) is 4.98 Å². The van der Waals surface area contributed by atoms with Crippen LogP contribution in [0.2, 0.25) is 0 Å². The normalized spacial score (nSPS) is 10.3.